The van der Waals surface area contributed by atoms with Crippen molar-refractivity contribution in [3.8, 4) is 11.3 Å². The van der Waals surface area contributed by atoms with Crippen LogP contribution in [0.5, 0.6) is 0 Å². The predicted octanol–water partition coefficient (Wildman–Crippen LogP) is 5.47. The first-order valence-corrected chi connectivity index (χ1v) is 10.9. The van der Waals surface area contributed by atoms with Gasteiger partial charge in [-0.15, -0.1) is 11.3 Å². The number of carbonyl (C=O) groups is 1. The van der Waals surface area contributed by atoms with Gasteiger partial charge in [0.2, 0.25) is 5.91 Å². The van der Waals surface area contributed by atoms with E-state index in [0.717, 1.165) is 32.1 Å². The van der Waals surface area contributed by atoms with Crippen molar-refractivity contribution >= 4 is 48.9 Å². The zero-order chi connectivity index (χ0) is 20.0. The molecule has 0 radical (unpaired) electrons. The number of nitrogens with one attached hydrogen (secondary N) is 1. The van der Waals surface area contributed by atoms with Gasteiger partial charge < -0.3 is 5.32 Å². The molecule has 0 unspecified atom stereocenters. The molecule has 0 bridgehead atoms. The van der Waals surface area contributed by atoms with Crippen molar-refractivity contribution in [1.29, 1.82) is 0 Å². The molecule has 0 atom stereocenters. The molecule has 0 aliphatic heterocycles. The van der Waals surface area contributed by atoms with Crippen LogP contribution in [0.1, 0.15) is 16.8 Å². The highest BCUT2D eigenvalue weighted by Gasteiger charge is 2.14. The molecule has 29 heavy (non-hydrogen) atoms. The minimum absolute atomic E-state index is 0.0777. The van der Waals surface area contributed by atoms with Gasteiger partial charge in [-0.1, -0.05) is 47.2 Å². The van der Waals surface area contributed by atoms with Crippen LogP contribution in [0.2, 0.25) is 0 Å². The zero-order valence-corrected chi connectivity index (χ0v) is 17.6. The fourth-order valence-electron chi connectivity index (χ4n) is 3.23. The van der Waals surface area contributed by atoms with E-state index in [0.29, 0.717) is 5.13 Å². The maximum Gasteiger partial charge on any atom is 0.232 e. The van der Waals surface area contributed by atoms with Gasteiger partial charge in [-0.05, 0) is 31.5 Å². The molecule has 5 rings (SSSR count). The number of aromatic nitrogens is 3. The summed E-state index contributed by atoms with van der Waals surface area (Å²) in [5.74, 6) is -0.0777. The summed E-state index contributed by atoms with van der Waals surface area (Å²) in [5.41, 5.74) is 6.23. The molecule has 1 N–H and O–H groups in total. The van der Waals surface area contributed by atoms with E-state index in [2.05, 4.69) is 54.5 Å². The number of anilines is 1. The van der Waals surface area contributed by atoms with Crippen molar-refractivity contribution in [2.24, 2.45) is 0 Å². The lowest BCUT2D eigenvalue weighted by Gasteiger charge is -2.01. The quantitative estimate of drug-likeness (QED) is 0.421. The van der Waals surface area contributed by atoms with E-state index in [1.807, 2.05) is 28.1 Å². The molecule has 3 aromatic heterocycles. The van der Waals surface area contributed by atoms with Crippen LogP contribution in [0.4, 0.5) is 5.13 Å². The smallest absolute Gasteiger partial charge is 0.232 e. The number of thiazole rings is 2. The van der Waals surface area contributed by atoms with Gasteiger partial charge in [0.25, 0.3) is 0 Å². The highest BCUT2D eigenvalue weighted by atomic mass is 32.1. The van der Waals surface area contributed by atoms with Gasteiger partial charge in [0, 0.05) is 22.8 Å². The lowest BCUT2D eigenvalue weighted by Crippen LogP contribution is -2.15. The van der Waals surface area contributed by atoms with E-state index >= 15 is 0 Å². The molecule has 0 saturated carbocycles. The Hall–Kier alpha value is -3.03. The minimum atomic E-state index is -0.0777. The maximum atomic E-state index is 12.6. The Morgan fingerprint density at radius 2 is 1.86 bits per heavy atom. The van der Waals surface area contributed by atoms with Gasteiger partial charge in [-0.3, -0.25) is 9.20 Å². The summed E-state index contributed by atoms with van der Waals surface area (Å²) in [6.07, 6.45) is 2.28. The van der Waals surface area contributed by atoms with Crippen LogP contribution in [0.25, 0.3) is 26.4 Å². The van der Waals surface area contributed by atoms with Crippen LogP contribution in [-0.2, 0) is 11.2 Å². The average molecular weight is 419 g/mol. The number of fused-ring (bicyclic) bond motifs is 2. The van der Waals surface area contributed by atoms with Crippen LogP contribution in [0.3, 0.4) is 0 Å². The second-order valence-corrected chi connectivity index (χ2v) is 8.95. The molecule has 0 fully saturated rings. The Kier molecular flexibility index (Phi) is 4.41. The van der Waals surface area contributed by atoms with Crippen molar-refractivity contribution in [1.82, 2.24) is 14.4 Å². The van der Waals surface area contributed by atoms with Crippen molar-refractivity contribution in [3.63, 3.8) is 0 Å². The van der Waals surface area contributed by atoms with Crippen LogP contribution in [0.15, 0.2) is 54.0 Å². The Labute approximate surface area is 175 Å². The Bertz CT molecular complexity index is 1340. The number of nitrogens with zero attached hydrogens (tertiary/aromatic N) is 3. The molecule has 7 heteroatoms. The lowest BCUT2D eigenvalue weighted by molar-refractivity contribution is -0.115. The second kappa shape index (κ2) is 7.09. The first-order valence-electron chi connectivity index (χ1n) is 9.25. The molecule has 1 amide bonds. The minimum Gasteiger partial charge on any atom is -0.302 e. The van der Waals surface area contributed by atoms with E-state index < -0.39 is 0 Å². The normalized spacial score (nSPS) is 11.4. The summed E-state index contributed by atoms with van der Waals surface area (Å²) in [6, 6.07) is 14.4. The standard InChI is InChI=1S/C22H18N4OS2/c1-13-3-6-15(7-4-13)18-11-26-16(12-28-22(26)24-18)10-20(27)25-21-23-17-8-5-14(2)9-19(17)29-21/h3-9,11-12H,10H2,1-2H3,(H,23,25,27). The monoisotopic (exact) mass is 418 g/mol. The second-order valence-electron chi connectivity index (χ2n) is 7.09. The SMILES string of the molecule is Cc1ccc(-c2cn3c(CC(=O)Nc4nc5ccc(C)cc5s4)csc3n2)cc1. The van der Waals surface area contributed by atoms with Crippen LogP contribution < -0.4 is 5.32 Å². The molecule has 3 heterocycles. The third-order valence-electron chi connectivity index (χ3n) is 4.76. The molecule has 0 aliphatic carbocycles. The van der Waals surface area contributed by atoms with Crippen molar-refractivity contribution in [2.45, 2.75) is 20.3 Å². The van der Waals surface area contributed by atoms with E-state index in [1.165, 1.54) is 22.5 Å². The van der Waals surface area contributed by atoms with E-state index in [4.69, 9.17) is 4.98 Å². The summed E-state index contributed by atoms with van der Waals surface area (Å²) in [5, 5.41) is 5.56. The van der Waals surface area contributed by atoms with E-state index in [9.17, 15) is 4.79 Å². The van der Waals surface area contributed by atoms with Gasteiger partial charge in [-0.25, -0.2) is 9.97 Å². The number of hydrogen-bond acceptors (Lipinski definition) is 5. The summed E-state index contributed by atoms with van der Waals surface area (Å²) in [6.45, 7) is 4.12. The van der Waals surface area contributed by atoms with Gasteiger partial charge in [0.15, 0.2) is 10.1 Å². The van der Waals surface area contributed by atoms with Gasteiger partial charge >= 0.3 is 0 Å². The Balaban J connectivity index is 1.36. The highest BCUT2D eigenvalue weighted by molar-refractivity contribution is 7.22. The molecular weight excluding hydrogens is 400 g/mol. The highest BCUT2D eigenvalue weighted by Crippen LogP contribution is 2.27. The van der Waals surface area contributed by atoms with E-state index in [-0.39, 0.29) is 12.3 Å². The molecular formula is C22H18N4OS2. The van der Waals surface area contributed by atoms with Crippen molar-refractivity contribution in [3.05, 3.63) is 70.9 Å². The predicted molar refractivity (Wildman–Crippen MR) is 120 cm³/mol. The first-order chi connectivity index (χ1) is 14.0. The number of imidazole rings is 1. The zero-order valence-electron chi connectivity index (χ0n) is 16.0. The number of hydrogen-bond donors (Lipinski definition) is 1. The molecule has 0 aliphatic rings. The van der Waals surface area contributed by atoms with Gasteiger partial charge in [-0.2, -0.15) is 0 Å². The Morgan fingerprint density at radius 1 is 1.07 bits per heavy atom. The molecule has 2 aromatic carbocycles. The first kappa shape index (κ1) is 18.0. The third-order valence-corrected chi connectivity index (χ3v) is 6.58. The number of benzene rings is 2. The number of aryl methyl sites for hydroxylation is 2. The van der Waals surface area contributed by atoms with Crippen molar-refractivity contribution in [2.75, 3.05) is 5.32 Å². The number of amides is 1. The average Bonchev–Trinajstić information content (AvgIpc) is 3.37. The van der Waals surface area contributed by atoms with E-state index in [1.54, 1.807) is 11.3 Å². The molecule has 5 aromatic rings. The van der Waals surface area contributed by atoms with Crippen molar-refractivity contribution < 1.29 is 4.79 Å². The van der Waals surface area contributed by atoms with Crippen LogP contribution in [-0.4, -0.2) is 20.3 Å². The number of rotatable bonds is 4. The fraction of sp³-hybridized carbons (Fsp3) is 0.136. The summed E-state index contributed by atoms with van der Waals surface area (Å²) >= 11 is 3.04. The molecule has 0 saturated heterocycles. The van der Waals surface area contributed by atoms with Crippen LogP contribution >= 0.6 is 22.7 Å². The summed E-state index contributed by atoms with van der Waals surface area (Å²) in [7, 11) is 0. The lowest BCUT2D eigenvalue weighted by atomic mass is 10.1. The summed E-state index contributed by atoms with van der Waals surface area (Å²) in [4.78, 5) is 22.7. The third kappa shape index (κ3) is 3.54. The molecule has 5 nitrogen and oxygen atoms in total. The van der Waals surface area contributed by atoms with Crippen LogP contribution in [0, 0.1) is 13.8 Å². The molecule has 144 valence electrons. The topological polar surface area (TPSA) is 59.3 Å². The largest absolute Gasteiger partial charge is 0.302 e. The van der Waals surface area contributed by atoms with Gasteiger partial charge in [0.1, 0.15) is 0 Å². The van der Waals surface area contributed by atoms with Gasteiger partial charge in [0.05, 0.1) is 22.3 Å². The Morgan fingerprint density at radius 3 is 2.69 bits per heavy atom. The maximum absolute atomic E-state index is 12.6. The molecule has 0 spiro atoms. The number of carbonyl (C=O) groups excluding carboxylic acids is 1. The summed E-state index contributed by atoms with van der Waals surface area (Å²) < 4.78 is 3.08. The fourth-order valence-corrected chi connectivity index (χ4v) is 5.09.